The summed E-state index contributed by atoms with van der Waals surface area (Å²) in [6.45, 7) is 1.80. The molecule has 0 aliphatic carbocycles. The first-order chi connectivity index (χ1) is 15.3. The molecule has 5 rings (SSSR count). The molecule has 0 aliphatic rings. The number of hydrogen-bond acceptors (Lipinski definition) is 4. The smallest absolute Gasteiger partial charge is 0.282 e. The summed E-state index contributed by atoms with van der Waals surface area (Å²) in [5, 5.41) is 13.3. The second-order valence-electron chi connectivity index (χ2n) is 7.14. The SMILES string of the molecule is Cc1nn2c(nnc3c(=O)n(-c4ccccc4C(F)(F)F)ccc32)c1-c1ccc(Cl)cc1. The number of nitrogens with zero attached hydrogens (tertiary/aromatic N) is 5. The molecule has 0 saturated heterocycles. The number of hydrogen-bond donors (Lipinski definition) is 0. The number of fused-ring (bicyclic) bond motifs is 3. The Morgan fingerprint density at radius 3 is 2.41 bits per heavy atom. The Morgan fingerprint density at radius 1 is 0.969 bits per heavy atom. The van der Waals surface area contributed by atoms with Crippen LogP contribution >= 0.6 is 11.6 Å². The maximum absolute atomic E-state index is 13.5. The van der Waals surface area contributed by atoms with E-state index >= 15 is 0 Å². The Labute approximate surface area is 183 Å². The quantitative estimate of drug-likeness (QED) is 0.372. The summed E-state index contributed by atoms with van der Waals surface area (Å²) in [6, 6.07) is 13.5. The van der Waals surface area contributed by atoms with E-state index in [1.165, 1.54) is 35.0 Å². The van der Waals surface area contributed by atoms with Gasteiger partial charge in [-0.15, -0.1) is 10.2 Å². The van der Waals surface area contributed by atoms with Crippen LogP contribution < -0.4 is 5.56 Å². The lowest BCUT2D eigenvalue weighted by Crippen LogP contribution is -2.23. The fourth-order valence-electron chi connectivity index (χ4n) is 3.72. The summed E-state index contributed by atoms with van der Waals surface area (Å²) in [5.41, 5.74) is 0.931. The molecule has 6 nitrogen and oxygen atoms in total. The molecule has 0 saturated carbocycles. The largest absolute Gasteiger partial charge is 0.418 e. The van der Waals surface area contributed by atoms with E-state index in [9.17, 15) is 18.0 Å². The number of rotatable bonds is 2. The van der Waals surface area contributed by atoms with Gasteiger partial charge in [0.2, 0.25) is 0 Å². The highest BCUT2D eigenvalue weighted by molar-refractivity contribution is 6.30. The average molecular weight is 456 g/mol. The van der Waals surface area contributed by atoms with E-state index in [1.54, 1.807) is 19.1 Å². The normalized spacial score (nSPS) is 12.0. The molecule has 3 aromatic heterocycles. The van der Waals surface area contributed by atoms with Gasteiger partial charge in [0.1, 0.15) is 5.52 Å². The van der Waals surface area contributed by atoms with Crippen LogP contribution in [0.15, 0.2) is 65.6 Å². The molecule has 0 N–H and O–H groups in total. The number of aromatic nitrogens is 5. The maximum Gasteiger partial charge on any atom is 0.418 e. The molecule has 0 bridgehead atoms. The first kappa shape index (κ1) is 20.2. The molecule has 0 spiro atoms. The van der Waals surface area contributed by atoms with Gasteiger partial charge >= 0.3 is 6.18 Å². The van der Waals surface area contributed by atoms with Gasteiger partial charge in [-0.05, 0) is 42.8 Å². The highest BCUT2D eigenvalue weighted by atomic mass is 35.5. The van der Waals surface area contributed by atoms with E-state index in [4.69, 9.17) is 11.6 Å². The minimum Gasteiger partial charge on any atom is -0.282 e. The van der Waals surface area contributed by atoms with Crippen molar-refractivity contribution in [3.63, 3.8) is 0 Å². The Bertz CT molecular complexity index is 1550. The van der Waals surface area contributed by atoms with Crippen LogP contribution in [0.4, 0.5) is 13.2 Å². The number of halogens is 4. The van der Waals surface area contributed by atoms with Crippen LogP contribution in [0.2, 0.25) is 5.02 Å². The predicted molar refractivity (Wildman–Crippen MR) is 114 cm³/mol. The lowest BCUT2D eigenvalue weighted by molar-refractivity contribution is -0.137. The molecule has 0 aliphatic heterocycles. The molecule has 0 fully saturated rings. The third-order valence-corrected chi connectivity index (χ3v) is 5.41. The van der Waals surface area contributed by atoms with Gasteiger partial charge in [0.15, 0.2) is 11.2 Å². The van der Waals surface area contributed by atoms with Crippen molar-refractivity contribution >= 4 is 28.3 Å². The van der Waals surface area contributed by atoms with Crippen LogP contribution in [0.25, 0.3) is 33.5 Å². The van der Waals surface area contributed by atoms with Gasteiger partial charge in [0.25, 0.3) is 5.56 Å². The number of alkyl halides is 3. The summed E-state index contributed by atoms with van der Waals surface area (Å²) >= 11 is 5.97. The zero-order chi connectivity index (χ0) is 22.6. The van der Waals surface area contributed by atoms with Crippen LogP contribution in [-0.4, -0.2) is 24.4 Å². The topological polar surface area (TPSA) is 65.1 Å². The van der Waals surface area contributed by atoms with Crippen molar-refractivity contribution in [2.45, 2.75) is 13.1 Å². The van der Waals surface area contributed by atoms with Crippen molar-refractivity contribution in [3.05, 3.63) is 87.4 Å². The highest BCUT2D eigenvalue weighted by Crippen LogP contribution is 2.33. The molecule has 32 heavy (non-hydrogen) atoms. The summed E-state index contributed by atoms with van der Waals surface area (Å²) < 4.78 is 42.8. The lowest BCUT2D eigenvalue weighted by Gasteiger charge is -2.14. The van der Waals surface area contributed by atoms with Gasteiger partial charge in [-0.3, -0.25) is 9.36 Å². The van der Waals surface area contributed by atoms with Gasteiger partial charge in [-0.1, -0.05) is 35.9 Å². The van der Waals surface area contributed by atoms with Crippen molar-refractivity contribution in [3.8, 4) is 16.8 Å². The summed E-state index contributed by atoms with van der Waals surface area (Å²) in [4.78, 5) is 13.1. The van der Waals surface area contributed by atoms with Crippen LogP contribution in [0.5, 0.6) is 0 Å². The standard InChI is InChI=1S/C22H13ClF3N5O/c1-12-18(13-6-8-14(23)9-7-13)20-28-27-19-17(31(20)29-12)10-11-30(21(19)32)16-5-3-2-4-15(16)22(24,25)26/h2-11H,1H3. The molecule has 0 amide bonds. The van der Waals surface area contributed by atoms with E-state index in [-0.39, 0.29) is 11.2 Å². The molecular formula is C22H13ClF3N5O. The monoisotopic (exact) mass is 455 g/mol. The number of pyridine rings is 1. The second-order valence-corrected chi connectivity index (χ2v) is 7.58. The van der Waals surface area contributed by atoms with E-state index in [0.717, 1.165) is 21.8 Å². The first-order valence-corrected chi connectivity index (χ1v) is 9.83. The first-order valence-electron chi connectivity index (χ1n) is 9.45. The molecule has 3 heterocycles. The molecule has 5 aromatic rings. The third-order valence-electron chi connectivity index (χ3n) is 5.16. The molecular weight excluding hydrogens is 443 g/mol. The van der Waals surface area contributed by atoms with Crippen molar-refractivity contribution in [1.82, 2.24) is 24.4 Å². The fourth-order valence-corrected chi connectivity index (χ4v) is 3.85. The third kappa shape index (κ3) is 3.13. The van der Waals surface area contributed by atoms with Gasteiger partial charge in [-0.2, -0.15) is 18.3 Å². The van der Waals surface area contributed by atoms with Crippen LogP contribution in [0.1, 0.15) is 11.3 Å². The van der Waals surface area contributed by atoms with Crippen molar-refractivity contribution in [1.29, 1.82) is 0 Å². The lowest BCUT2D eigenvalue weighted by atomic mass is 10.1. The van der Waals surface area contributed by atoms with Gasteiger partial charge in [0, 0.05) is 11.2 Å². The number of para-hydroxylation sites is 1. The zero-order valence-electron chi connectivity index (χ0n) is 16.4. The summed E-state index contributed by atoms with van der Waals surface area (Å²) in [7, 11) is 0. The summed E-state index contributed by atoms with van der Waals surface area (Å²) in [5.74, 6) is 0. The molecule has 0 unspecified atom stereocenters. The number of aryl methyl sites for hydroxylation is 1. The Morgan fingerprint density at radius 2 is 1.69 bits per heavy atom. The van der Waals surface area contributed by atoms with E-state index in [0.29, 0.717) is 21.9 Å². The fraction of sp³-hybridized carbons (Fsp3) is 0.0909. The Balaban J connectivity index is 1.75. The molecule has 2 aromatic carbocycles. The molecule has 160 valence electrons. The van der Waals surface area contributed by atoms with Crippen molar-refractivity contribution in [2.75, 3.05) is 0 Å². The van der Waals surface area contributed by atoms with Gasteiger partial charge in [0.05, 0.1) is 22.5 Å². The van der Waals surface area contributed by atoms with E-state index in [1.807, 2.05) is 12.1 Å². The van der Waals surface area contributed by atoms with Crippen molar-refractivity contribution in [2.24, 2.45) is 0 Å². The van der Waals surface area contributed by atoms with E-state index in [2.05, 4.69) is 15.3 Å². The average Bonchev–Trinajstić information content (AvgIpc) is 3.10. The Hall–Kier alpha value is -3.72. The van der Waals surface area contributed by atoms with Crippen LogP contribution in [-0.2, 0) is 6.18 Å². The maximum atomic E-state index is 13.5. The van der Waals surface area contributed by atoms with Crippen molar-refractivity contribution < 1.29 is 13.2 Å². The van der Waals surface area contributed by atoms with Gasteiger partial charge in [-0.25, -0.2) is 4.52 Å². The van der Waals surface area contributed by atoms with E-state index < -0.39 is 17.3 Å². The second kappa shape index (κ2) is 7.16. The minimum absolute atomic E-state index is 0.0952. The summed E-state index contributed by atoms with van der Waals surface area (Å²) in [6.07, 6.45) is -3.33. The molecule has 10 heteroatoms. The highest BCUT2D eigenvalue weighted by Gasteiger charge is 2.34. The predicted octanol–water partition coefficient (Wildman–Crippen LogP) is 5.08. The zero-order valence-corrected chi connectivity index (χ0v) is 17.2. The van der Waals surface area contributed by atoms with Gasteiger partial charge < -0.3 is 0 Å². The van der Waals surface area contributed by atoms with Crippen LogP contribution in [0, 0.1) is 6.92 Å². The molecule has 0 radical (unpaired) electrons. The van der Waals surface area contributed by atoms with Crippen LogP contribution in [0.3, 0.4) is 0 Å². The number of benzene rings is 2. The Kier molecular flexibility index (Phi) is 4.52. The minimum atomic E-state index is -4.62. The molecule has 0 atom stereocenters.